The molecule has 1 unspecified atom stereocenters. The highest BCUT2D eigenvalue weighted by molar-refractivity contribution is 5.77. The smallest absolute Gasteiger partial charge is 0.356 e. The van der Waals surface area contributed by atoms with Crippen LogP contribution in [0, 0.1) is 0 Å². The summed E-state index contributed by atoms with van der Waals surface area (Å²) in [6.45, 7) is 0. The predicted molar refractivity (Wildman–Crippen MR) is 38.9 cm³/mol. The van der Waals surface area contributed by atoms with Crippen LogP contribution in [0.1, 0.15) is 5.56 Å². The largest absolute Gasteiger partial charge is 0.478 e. The summed E-state index contributed by atoms with van der Waals surface area (Å²) >= 11 is 0. The molecular weight excluding hydrogens is 162 g/mol. The van der Waals surface area contributed by atoms with E-state index in [-0.39, 0.29) is 5.56 Å². The third kappa shape index (κ3) is 1.29. The number of carboxylic acids is 1. The van der Waals surface area contributed by atoms with Crippen LogP contribution in [0.15, 0.2) is 12.4 Å². The van der Waals surface area contributed by atoms with Crippen LogP contribution in [-0.4, -0.2) is 26.0 Å². The lowest BCUT2D eigenvalue weighted by Crippen LogP contribution is -2.44. The summed E-state index contributed by atoms with van der Waals surface area (Å²) in [5.74, 6) is -1.50. The highest BCUT2D eigenvalue weighted by atomic mass is 16.4. The monoisotopic (exact) mass is 171 g/mol. The first-order valence-electron chi connectivity index (χ1n) is 3.18. The second-order valence-corrected chi connectivity index (χ2v) is 2.47. The van der Waals surface area contributed by atoms with Crippen LogP contribution in [-0.2, 0) is 17.6 Å². The van der Waals surface area contributed by atoms with Crippen molar-refractivity contribution in [3.05, 3.63) is 18.0 Å². The van der Waals surface area contributed by atoms with E-state index < -0.39 is 11.7 Å². The lowest BCUT2D eigenvalue weighted by molar-refractivity contribution is -0.159. The van der Waals surface area contributed by atoms with Crippen LogP contribution >= 0.6 is 0 Å². The third-order valence-corrected chi connectivity index (χ3v) is 1.47. The maximum atomic E-state index is 10.4. The number of nitrogens with zero attached hydrogens (tertiary/aromatic N) is 2. The molecule has 0 aromatic carbocycles. The molecule has 6 heteroatoms. The molecule has 0 saturated carbocycles. The van der Waals surface area contributed by atoms with E-state index in [1.807, 2.05) is 0 Å². The molecule has 1 aromatic heterocycles. The zero-order valence-electron chi connectivity index (χ0n) is 6.43. The molecule has 6 nitrogen and oxygen atoms in total. The van der Waals surface area contributed by atoms with Gasteiger partial charge in [-0.3, -0.25) is 10.4 Å². The third-order valence-electron chi connectivity index (χ3n) is 1.47. The highest BCUT2D eigenvalue weighted by Crippen LogP contribution is 2.13. The number of nitrogens with two attached hydrogens (primary N) is 1. The van der Waals surface area contributed by atoms with Crippen LogP contribution in [0.3, 0.4) is 0 Å². The van der Waals surface area contributed by atoms with Crippen LogP contribution in [0.5, 0.6) is 0 Å². The molecular formula is C6H9N3O3. The molecule has 1 atom stereocenters. The fourth-order valence-electron chi connectivity index (χ4n) is 0.742. The van der Waals surface area contributed by atoms with E-state index >= 15 is 0 Å². The van der Waals surface area contributed by atoms with Crippen molar-refractivity contribution in [2.24, 2.45) is 12.8 Å². The van der Waals surface area contributed by atoms with Gasteiger partial charge in [-0.2, -0.15) is 5.10 Å². The Hall–Kier alpha value is -1.40. The number of hydrogen-bond donors (Lipinski definition) is 3. The minimum absolute atomic E-state index is 0.0532. The number of aliphatic carboxylic acids is 1. The number of aromatic nitrogens is 2. The van der Waals surface area contributed by atoms with Crippen molar-refractivity contribution in [3.63, 3.8) is 0 Å². The first-order chi connectivity index (χ1) is 5.44. The molecule has 0 saturated heterocycles. The molecule has 4 N–H and O–H groups in total. The van der Waals surface area contributed by atoms with Crippen molar-refractivity contribution in [2.75, 3.05) is 0 Å². The van der Waals surface area contributed by atoms with E-state index in [2.05, 4.69) is 5.10 Å². The fourth-order valence-corrected chi connectivity index (χ4v) is 0.742. The Morgan fingerprint density at radius 2 is 2.42 bits per heavy atom. The van der Waals surface area contributed by atoms with Crippen LogP contribution in [0.25, 0.3) is 0 Å². The summed E-state index contributed by atoms with van der Waals surface area (Å²) < 4.78 is 1.36. The normalized spacial score (nSPS) is 15.6. The molecule has 1 aromatic rings. The predicted octanol–water partition coefficient (Wildman–Crippen LogP) is -1.39. The number of carbonyl (C=O) groups is 1. The number of rotatable bonds is 2. The molecule has 12 heavy (non-hydrogen) atoms. The van der Waals surface area contributed by atoms with Crippen molar-refractivity contribution < 1.29 is 15.0 Å². The van der Waals surface area contributed by atoms with Gasteiger partial charge in [-0.1, -0.05) is 0 Å². The van der Waals surface area contributed by atoms with Crippen molar-refractivity contribution >= 4 is 5.97 Å². The first kappa shape index (κ1) is 8.69. The first-order valence-corrected chi connectivity index (χ1v) is 3.18. The second-order valence-electron chi connectivity index (χ2n) is 2.47. The Morgan fingerprint density at radius 1 is 1.83 bits per heavy atom. The van der Waals surface area contributed by atoms with Crippen molar-refractivity contribution in [3.8, 4) is 0 Å². The zero-order chi connectivity index (χ0) is 9.35. The van der Waals surface area contributed by atoms with Gasteiger partial charge in [0.25, 0.3) is 0 Å². The molecule has 0 radical (unpaired) electrons. The number of aryl methyl sites for hydroxylation is 1. The van der Waals surface area contributed by atoms with Crippen LogP contribution < -0.4 is 5.73 Å². The molecule has 0 aliphatic rings. The molecule has 0 fully saturated rings. The quantitative estimate of drug-likeness (QED) is 0.475. The lowest BCUT2D eigenvalue weighted by atomic mass is 10.1. The van der Waals surface area contributed by atoms with Crippen molar-refractivity contribution in [2.45, 2.75) is 5.72 Å². The van der Waals surface area contributed by atoms with Gasteiger partial charge in [0.05, 0.1) is 6.20 Å². The van der Waals surface area contributed by atoms with Gasteiger partial charge in [-0.15, -0.1) is 0 Å². The van der Waals surface area contributed by atoms with Crippen LogP contribution in [0.4, 0.5) is 0 Å². The van der Waals surface area contributed by atoms with Gasteiger partial charge in [-0.05, 0) is 0 Å². The Morgan fingerprint density at radius 3 is 2.75 bits per heavy atom. The maximum absolute atomic E-state index is 10.4. The summed E-state index contributed by atoms with van der Waals surface area (Å²) in [6, 6.07) is 0. The molecule has 1 rings (SSSR count). The number of hydrogen-bond acceptors (Lipinski definition) is 4. The summed E-state index contributed by atoms with van der Waals surface area (Å²) in [7, 11) is 1.60. The molecule has 0 bridgehead atoms. The molecule has 0 amide bonds. The van der Waals surface area contributed by atoms with E-state index in [0.717, 1.165) is 0 Å². The molecule has 66 valence electrons. The van der Waals surface area contributed by atoms with Gasteiger partial charge in [0, 0.05) is 18.8 Å². The maximum Gasteiger partial charge on any atom is 0.356 e. The summed E-state index contributed by atoms with van der Waals surface area (Å²) in [5.41, 5.74) is 2.80. The van der Waals surface area contributed by atoms with Crippen molar-refractivity contribution in [1.29, 1.82) is 0 Å². The van der Waals surface area contributed by atoms with Crippen molar-refractivity contribution in [1.82, 2.24) is 9.78 Å². The minimum Gasteiger partial charge on any atom is -0.478 e. The summed E-state index contributed by atoms with van der Waals surface area (Å²) in [6.07, 6.45) is 2.54. The summed E-state index contributed by atoms with van der Waals surface area (Å²) in [5, 5.41) is 21.4. The molecule has 0 aliphatic heterocycles. The Balaban J connectivity index is 3.05. The molecule has 1 heterocycles. The fraction of sp³-hybridized carbons (Fsp3) is 0.333. The van der Waals surface area contributed by atoms with E-state index in [4.69, 9.17) is 10.8 Å². The highest BCUT2D eigenvalue weighted by Gasteiger charge is 2.34. The topological polar surface area (TPSA) is 101 Å². The average molecular weight is 171 g/mol. The van der Waals surface area contributed by atoms with E-state index in [1.54, 1.807) is 7.05 Å². The summed E-state index contributed by atoms with van der Waals surface area (Å²) in [4.78, 5) is 10.4. The molecule has 0 spiro atoms. The van der Waals surface area contributed by atoms with Gasteiger partial charge in [0.1, 0.15) is 0 Å². The Labute approximate surface area is 68.2 Å². The SMILES string of the molecule is Cn1cc(C(N)(O)C(=O)O)cn1. The van der Waals surface area contributed by atoms with Gasteiger partial charge in [0.2, 0.25) is 5.72 Å². The zero-order valence-corrected chi connectivity index (χ0v) is 6.43. The number of aliphatic hydroxyl groups is 1. The lowest BCUT2D eigenvalue weighted by Gasteiger charge is -2.14. The number of carboxylic acid groups (broad SMARTS) is 1. The van der Waals surface area contributed by atoms with Gasteiger partial charge >= 0.3 is 5.97 Å². The second kappa shape index (κ2) is 2.58. The average Bonchev–Trinajstić information content (AvgIpc) is 2.35. The van der Waals surface area contributed by atoms with E-state index in [0.29, 0.717) is 0 Å². The van der Waals surface area contributed by atoms with E-state index in [1.165, 1.54) is 17.1 Å². The molecule has 0 aliphatic carbocycles. The Kier molecular flexibility index (Phi) is 1.87. The van der Waals surface area contributed by atoms with E-state index in [9.17, 15) is 9.90 Å². The standard InChI is InChI=1S/C6H9N3O3/c1-9-3-4(2-8-9)6(7,12)5(10)11/h2-3,12H,7H2,1H3,(H,10,11). The van der Waals surface area contributed by atoms with Gasteiger partial charge in [-0.25, -0.2) is 4.79 Å². The Bertz CT molecular complexity index is 305. The van der Waals surface area contributed by atoms with Gasteiger partial charge < -0.3 is 10.2 Å². The van der Waals surface area contributed by atoms with Gasteiger partial charge in [0.15, 0.2) is 0 Å². The van der Waals surface area contributed by atoms with Crippen LogP contribution in [0.2, 0.25) is 0 Å². The minimum atomic E-state index is -2.35.